The van der Waals surface area contributed by atoms with E-state index in [2.05, 4.69) is 0 Å². The first-order chi connectivity index (χ1) is 8.08. The summed E-state index contributed by atoms with van der Waals surface area (Å²) in [6.07, 6.45) is 0.423. The summed E-state index contributed by atoms with van der Waals surface area (Å²) in [4.78, 5) is 23.8. The number of ether oxygens (including phenoxy) is 2. The van der Waals surface area contributed by atoms with E-state index in [1.165, 1.54) is 7.11 Å². The molecular formula is C13H12O4. The van der Waals surface area contributed by atoms with E-state index in [1.54, 1.807) is 12.1 Å². The average Bonchev–Trinajstić information content (AvgIpc) is 3.06. The minimum atomic E-state index is -1.05. The van der Waals surface area contributed by atoms with Crippen molar-refractivity contribution in [1.82, 2.24) is 0 Å². The second kappa shape index (κ2) is 3.09. The molecule has 17 heavy (non-hydrogen) atoms. The lowest BCUT2D eigenvalue weighted by molar-refractivity contribution is -0.151. The summed E-state index contributed by atoms with van der Waals surface area (Å²) in [5, 5.41) is 0. The second-order valence-corrected chi connectivity index (χ2v) is 4.60. The highest BCUT2D eigenvalue weighted by atomic mass is 16.6. The van der Waals surface area contributed by atoms with Crippen LogP contribution in [-0.2, 0) is 9.53 Å². The van der Waals surface area contributed by atoms with Gasteiger partial charge in [-0.2, -0.15) is 0 Å². The second-order valence-electron chi connectivity index (χ2n) is 4.60. The lowest BCUT2D eigenvalue weighted by atomic mass is 9.99. The average molecular weight is 232 g/mol. The Bertz CT molecular complexity index is 534. The molecule has 0 bridgehead atoms. The van der Waals surface area contributed by atoms with Crippen molar-refractivity contribution in [2.24, 2.45) is 5.92 Å². The van der Waals surface area contributed by atoms with E-state index < -0.39 is 11.6 Å². The van der Waals surface area contributed by atoms with Crippen molar-refractivity contribution in [3.8, 4) is 5.75 Å². The molecule has 1 aliphatic heterocycles. The van der Waals surface area contributed by atoms with Gasteiger partial charge in [-0.15, -0.1) is 0 Å². The molecule has 4 nitrogen and oxygen atoms in total. The zero-order valence-corrected chi connectivity index (χ0v) is 9.65. The minimum absolute atomic E-state index is 0.0136. The van der Waals surface area contributed by atoms with Crippen LogP contribution in [0.1, 0.15) is 22.3 Å². The molecule has 0 radical (unpaired) electrons. The molecule has 1 heterocycles. The first-order valence-corrected chi connectivity index (χ1v) is 5.51. The smallest absolute Gasteiger partial charge is 0.351 e. The Morgan fingerprint density at radius 2 is 2.29 bits per heavy atom. The number of carbonyl (C=O) groups excluding carboxylic acids is 2. The van der Waals surface area contributed by atoms with Gasteiger partial charge in [0, 0.05) is 6.42 Å². The third-order valence-electron chi connectivity index (χ3n) is 3.45. The van der Waals surface area contributed by atoms with Crippen molar-refractivity contribution in [3.05, 3.63) is 29.3 Å². The molecule has 2 atom stereocenters. The molecule has 1 aromatic carbocycles. The number of hydrogen-bond acceptors (Lipinski definition) is 4. The van der Waals surface area contributed by atoms with Crippen LogP contribution in [0.3, 0.4) is 0 Å². The van der Waals surface area contributed by atoms with Gasteiger partial charge in [-0.3, -0.25) is 4.79 Å². The molecule has 1 aromatic rings. The van der Waals surface area contributed by atoms with Gasteiger partial charge in [0.25, 0.3) is 0 Å². The maximum atomic E-state index is 12.1. The summed E-state index contributed by atoms with van der Waals surface area (Å²) in [6.45, 7) is 1.92. The van der Waals surface area contributed by atoms with Crippen LogP contribution in [-0.4, -0.2) is 24.5 Å². The van der Waals surface area contributed by atoms with E-state index in [9.17, 15) is 9.59 Å². The summed E-state index contributed by atoms with van der Waals surface area (Å²) in [5.74, 6) is -0.355. The number of aryl methyl sites for hydroxylation is 1. The van der Waals surface area contributed by atoms with E-state index >= 15 is 0 Å². The van der Waals surface area contributed by atoms with Crippen LogP contribution in [0, 0.1) is 12.8 Å². The van der Waals surface area contributed by atoms with Crippen molar-refractivity contribution in [2.45, 2.75) is 18.9 Å². The highest BCUT2D eigenvalue weighted by Crippen LogP contribution is 2.54. The van der Waals surface area contributed by atoms with Gasteiger partial charge in [0.1, 0.15) is 5.75 Å². The number of Topliss-reactive ketones (excluding diaryl/α,β-unsaturated/α-hetero) is 1. The molecule has 1 fully saturated rings. The van der Waals surface area contributed by atoms with E-state index in [0.29, 0.717) is 17.7 Å². The fraction of sp³-hybridized carbons (Fsp3) is 0.385. The number of carbonyl (C=O) groups is 2. The molecule has 1 saturated carbocycles. The maximum Gasteiger partial charge on any atom is 0.351 e. The predicted molar refractivity (Wildman–Crippen MR) is 59.0 cm³/mol. The SMILES string of the molecule is COC(=O)[C@]12C[C@H]1C(=O)c1cc(C)ccc1O2. The van der Waals surface area contributed by atoms with Crippen molar-refractivity contribution < 1.29 is 19.1 Å². The topological polar surface area (TPSA) is 52.6 Å². The number of hydrogen-bond donors (Lipinski definition) is 0. The molecule has 1 aliphatic carbocycles. The van der Waals surface area contributed by atoms with Crippen LogP contribution in [0.2, 0.25) is 0 Å². The van der Waals surface area contributed by atoms with Crippen LogP contribution < -0.4 is 4.74 Å². The van der Waals surface area contributed by atoms with E-state index in [0.717, 1.165) is 5.56 Å². The standard InChI is InChI=1S/C13H12O4/c1-7-3-4-10-8(5-7)11(14)9-6-13(9,17-10)12(15)16-2/h3-5,9H,6H2,1-2H3/t9-,13-/m0/s1. The molecule has 0 aromatic heterocycles. The zero-order chi connectivity index (χ0) is 12.2. The monoisotopic (exact) mass is 232 g/mol. The van der Waals surface area contributed by atoms with E-state index in [1.807, 2.05) is 13.0 Å². The van der Waals surface area contributed by atoms with Gasteiger partial charge < -0.3 is 9.47 Å². The quantitative estimate of drug-likeness (QED) is 0.688. The van der Waals surface area contributed by atoms with Gasteiger partial charge >= 0.3 is 5.97 Å². The van der Waals surface area contributed by atoms with Crippen LogP contribution in [0.5, 0.6) is 5.75 Å². The van der Waals surface area contributed by atoms with Gasteiger partial charge in [-0.25, -0.2) is 4.79 Å². The van der Waals surface area contributed by atoms with Gasteiger partial charge in [0.15, 0.2) is 5.78 Å². The normalized spacial score (nSPS) is 28.8. The number of rotatable bonds is 1. The zero-order valence-electron chi connectivity index (χ0n) is 9.65. The summed E-state index contributed by atoms with van der Waals surface area (Å²) >= 11 is 0. The maximum absolute atomic E-state index is 12.1. The van der Waals surface area contributed by atoms with Crippen LogP contribution in [0.25, 0.3) is 0 Å². The van der Waals surface area contributed by atoms with Crippen LogP contribution in [0.4, 0.5) is 0 Å². The molecule has 4 heteroatoms. The summed E-state index contributed by atoms with van der Waals surface area (Å²) in [5.41, 5.74) is 0.535. The number of benzene rings is 1. The summed E-state index contributed by atoms with van der Waals surface area (Å²) < 4.78 is 10.4. The Kier molecular flexibility index (Phi) is 1.88. The molecule has 88 valence electrons. The Balaban J connectivity index is 2.06. The number of fused-ring (bicyclic) bond motifs is 2. The highest BCUT2D eigenvalue weighted by Gasteiger charge is 2.70. The van der Waals surface area contributed by atoms with E-state index in [4.69, 9.17) is 9.47 Å². The Hall–Kier alpha value is -1.84. The fourth-order valence-electron chi connectivity index (χ4n) is 2.41. The molecule has 0 N–H and O–H groups in total. The lowest BCUT2D eigenvalue weighted by Gasteiger charge is -2.23. The van der Waals surface area contributed by atoms with Gasteiger partial charge in [-0.1, -0.05) is 11.6 Å². The van der Waals surface area contributed by atoms with Crippen LogP contribution >= 0.6 is 0 Å². The van der Waals surface area contributed by atoms with Crippen molar-refractivity contribution in [2.75, 3.05) is 7.11 Å². The molecule has 3 rings (SSSR count). The Labute approximate surface area is 98.5 Å². The van der Waals surface area contributed by atoms with E-state index in [-0.39, 0.29) is 11.7 Å². The number of ketones is 1. The molecule has 0 unspecified atom stereocenters. The van der Waals surface area contributed by atoms with Crippen molar-refractivity contribution in [3.63, 3.8) is 0 Å². The van der Waals surface area contributed by atoms with Gasteiger partial charge in [-0.05, 0) is 19.1 Å². The fourth-order valence-corrected chi connectivity index (χ4v) is 2.41. The van der Waals surface area contributed by atoms with Crippen molar-refractivity contribution in [1.29, 1.82) is 0 Å². The molecule has 2 aliphatic rings. The molecule has 0 saturated heterocycles. The summed E-state index contributed by atoms with van der Waals surface area (Å²) in [7, 11) is 1.31. The predicted octanol–water partition coefficient (Wildman–Crippen LogP) is 1.50. The highest BCUT2D eigenvalue weighted by molar-refractivity contribution is 6.09. The third-order valence-corrected chi connectivity index (χ3v) is 3.45. The Morgan fingerprint density at radius 3 is 3.00 bits per heavy atom. The largest absolute Gasteiger partial charge is 0.474 e. The first-order valence-electron chi connectivity index (χ1n) is 5.51. The lowest BCUT2D eigenvalue weighted by Crippen LogP contribution is -2.38. The summed E-state index contributed by atoms with van der Waals surface area (Å²) in [6, 6.07) is 5.40. The van der Waals surface area contributed by atoms with Gasteiger partial charge in [0.2, 0.25) is 5.60 Å². The van der Waals surface area contributed by atoms with Gasteiger partial charge in [0.05, 0.1) is 18.6 Å². The third kappa shape index (κ3) is 1.24. The molecule has 0 spiro atoms. The molecule has 0 amide bonds. The van der Waals surface area contributed by atoms with Crippen molar-refractivity contribution >= 4 is 11.8 Å². The molecular weight excluding hydrogens is 220 g/mol. The number of esters is 1. The minimum Gasteiger partial charge on any atom is -0.474 e. The first kappa shape index (κ1) is 10.3. The number of methoxy groups -OCH3 is 1. The van der Waals surface area contributed by atoms with Crippen LogP contribution in [0.15, 0.2) is 18.2 Å². The Morgan fingerprint density at radius 1 is 1.53 bits per heavy atom.